The van der Waals surface area contributed by atoms with Crippen molar-refractivity contribution in [2.45, 2.75) is 57.5 Å². The molecule has 2 heteroatoms. The third-order valence-corrected chi connectivity index (χ3v) is 3.46. The van der Waals surface area contributed by atoms with Crippen molar-refractivity contribution in [3.8, 4) is 0 Å². The third kappa shape index (κ3) is 5.13. The maximum Gasteiger partial charge on any atom is 0.0637 e. The van der Waals surface area contributed by atoms with Crippen LogP contribution in [-0.2, 0) is 4.74 Å². The molecule has 0 radical (unpaired) electrons. The van der Waals surface area contributed by atoms with E-state index in [1.165, 1.54) is 32.1 Å². The van der Waals surface area contributed by atoms with Crippen LogP contribution in [0.3, 0.4) is 0 Å². The minimum atomic E-state index is 0.319. The Morgan fingerprint density at radius 1 is 1.25 bits per heavy atom. The zero-order valence-electron chi connectivity index (χ0n) is 10.4. The van der Waals surface area contributed by atoms with E-state index in [4.69, 9.17) is 9.84 Å². The lowest BCUT2D eigenvalue weighted by Crippen LogP contribution is -2.26. The SMILES string of the molecule is C=CCC1OCCCCCC1CCCCO. The second kappa shape index (κ2) is 8.77. The largest absolute Gasteiger partial charge is 0.396 e. The van der Waals surface area contributed by atoms with Gasteiger partial charge in [0.1, 0.15) is 0 Å². The second-order valence-electron chi connectivity index (χ2n) is 4.76. The number of hydrogen-bond acceptors (Lipinski definition) is 2. The fourth-order valence-corrected chi connectivity index (χ4v) is 2.52. The first-order valence-corrected chi connectivity index (χ1v) is 6.72. The molecule has 1 fully saturated rings. The summed E-state index contributed by atoms with van der Waals surface area (Å²) in [6, 6.07) is 0. The molecule has 0 spiro atoms. The Morgan fingerprint density at radius 3 is 2.88 bits per heavy atom. The molecule has 0 bridgehead atoms. The minimum Gasteiger partial charge on any atom is -0.396 e. The van der Waals surface area contributed by atoms with Gasteiger partial charge >= 0.3 is 0 Å². The number of rotatable bonds is 6. The molecule has 1 aliphatic heterocycles. The first-order chi connectivity index (χ1) is 7.88. The molecule has 0 saturated carbocycles. The molecule has 94 valence electrons. The molecule has 0 amide bonds. The Morgan fingerprint density at radius 2 is 2.12 bits per heavy atom. The van der Waals surface area contributed by atoms with Crippen molar-refractivity contribution in [2.75, 3.05) is 13.2 Å². The summed E-state index contributed by atoms with van der Waals surface area (Å²) in [5, 5.41) is 8.82. The van der Waals surface area contributed by atoms with E-state index < -0.39 is 0 Å². The average Bonchev–Trinajstić information content (AvgIpc) is 2.26. The number of unbranched alkanes of at least 4 members (excludes halogenated alkanes) is 1. The summed E-state index contributed by atoms with van der Waals surface area (Å²) in [5.74, 6) is 0.671. The Kier molecular flexibility index (Phi) is 7.52. The van der Waals surface area contributed by atoms with E-state index >= 15 is 0 Å². The van der Waals surface area contributed by atoms with Gasteiger partial charge in [-0.05, 0) is 38.0 Å². The maximum absolute atomic E-state index is 8.82. The van der Waals surface area contributed by atoms with Crippen LogP contribution in [0.1, 0.15) is 51.4 Å². The molecule has 0 aliphatic carbocycles. The molecule has 0 aromatic carbocycles. The second-order valence-corrected chi connectivity index (χ2v) is 4.76. The van der Waals surface area contributed by atoms with E-state index in [-0.39, 0.29) is 0 Å². The predicted molar refractivity (Wildman–Crippen MR) is 67.4 cm³/mol. The summed E-state index contributed by atoms with van der Waals surface area (Å²) in [6.07, 6.45) is 11.7. The summed E-state index contributed by atoms with van der Waals surface area (Å²) in [4.78, 5) is 0. The number of aliphatic hydroxyl groups excluding tert-OH is 1. The van der Waals surface area contributed by atoms with E-state index in [9.17, 15) is 0 Å². The standard InChI is InChI=1S/C14H26O2/c1-2-8-14-13(10-5-6-11-15)9-4-3-7-12-16-14/h2,13-15H,1,3-12H2. The smallest absolute Gasteiger partial charge is 0.0637 e. The molecule has 1 N–H and O–H groups in total. The van der Waals surface area contributed by atoms with Crippen LogP contribution in [0, 0.1) is 5.92 Å². The number of aliphatic hydroxyl groups is 1. The molecule has 16 heavy (non-hydrogen) atoms. The third-order valence-electron chi connectivity index (χ3n) is 3.46. The van der Waals surface area contributed by atoms with E-state index in [2.05, 4.69) is 6.58 Å². The van der Waals surface area contributed by atoms with Gasteiger partial charge in [0.25, 0.3) is 0 Å². The summed E-state index contributed by atoms with van der Waals surface area (Å²) in [6.45, 7) is 5.05. The van der Waals surface area contributed by atoms with Gasteiger partial charge < -0.3 is 9.84 Å². The van der Waals surface area contributed by atoms with Crippen LogP contribution in [-0.4, -0.2) is 24.4 Å². The van der Waals surface area contributed by atoms with Crippen LogP contribution in [0.15, 0.2) is 12.7 Å². The molecule has 1 saturated heterocycles. The summed E-state index contributed by atoms with van der Waals surface area (Å²) in [7, 11) is 0. The van der Waals surface area contributed by atoms with Crippen LogP contribution < -0.4 is 0 Å². The molecule has 0 aromatic heterocycles. The van der Waals surface area contributed by atoms with Gasteiger partial charge in [0, 0.05) is 13.2 Å². The van der Waals surface area contributed by atoms with Crippen LogP contribution in [0.5, 0.6) is 0 Å². The molecule has 1 heterocycles. The van der Waals surface area contributed by atoms with Crippen molar-refractivity contribution in [1.29, 1.82) is 0 Å². The molecular weight excluding hydrogens is 200 g/mol. The lowest BCUT2D eigenvalue weighted by molar-refractivity contribution is -0.00363. The summed E-state index contributed by atoms with van der Waals surface area (Å²) < 4.78 is 5.93. The predicted octanol–water partition coefficient (Wildman–Crippen LogP) is 3.30. The minimum absolute atomic E-state index is 0.319. The van der Waals surface area contributed by atoms with Crippen molar-refractivity contribution >= 4 is 0 Å². The summed E-state index contributed by atoms with van der Waals surface area (Å²) in [5.41, 5.74) is 0. The van der Waals surface area contributed by atoms with E-state index in [1.54, 1.807) is 0 Å². The van der Waals surface area contributed by atoms with E-state index in [0.29, 0.717) is 18.6 Å². The zero-order valence-corrected chi connectivity index (χ0v) is 10.4. The van der Waals surface area contributed by atoms with Gasteiger partial charge in [0.15, 0.2) is 0 Å². The van der Waals surface area contributed by atoms with Crippen LogP contribution >= 0.6 is 0 Å². The highest BCUT2D eigenvalue weighted by Crippen LogP contribution is 2.27. The van der Waals surface area contributed by atoms with Crippen LogP contribution in [0.2, 0.25) is 0 Å². The normalized spacial score (nSPS) is 27.1. The zero-order chi connectivity index (χ0) is 11.6. The van der Waals surface area contributed by atoms with Gasteiger partial charge in [-0.15, -0.1) is 6.58 Å². The Bertz CT molecular complexity index is 180. The Balaban J connectivity index is 2.39. The highest BCUT2D eigenvalue weighted by atomic mass is 16.5. The van der Waals surface area contributed by atoms with E-state index in [0.717, 1.165) is 25.9 Å². The van der Waals surface area contributed by atoms with Gasteiger partial charge in [0.2, 0.25) is 0 Å². The first kappa shape index (κ1) is 13.7. The summed E-state index contributed by atoms with van der Waals surface area (Å²) >= 11 is 0. The van der Waals surface area contributed by atoms with E-state index in [1.807, 2.05) is 6.08 Å². The van der Waals surface area contributed by atoms with Crippen molar-refractivity contribution in [3.05, 3.63) is 12.7 Å². The highest BCUT2D eigenvalue weighted by Gasteiger charge is 2.21. The van der Waals surface area contributed by atoms with Crippen molar-refractivity contribution in [3.63, 3.8) is 0 Å². The molecule has 2 atom stereocenters. The fraction of sp³-hybridized carbons (Fsp3) is 0.857. The van der Waals surface area contributed by atoms with Gasteiger partial charge in [0.05, 0.1) is 6.10 Å². The van der Waals surface area contributed by atoms with Crippen molar-refractivity contribution in [2.24, 2.45) is 5.92 Å². The first-order valence-electron chi connectivity index (χ1n) is 6.72. The monoisotopic (exact) mass is 226 g/mol. The quantitative estimate of drug-likeness (QED) is 0.556. The molecule has 1 aliphatic rings. The van der Waals surface area contributed by atoms with Crippen molar-refractivity contribution in [1.82, 2.24) is 0 Å². The van der Waals surface area contributed by atoms with Crippen LogP contribution in [0.4, 0.5) is 0 Å². The fourth-order valence-electron chi connectivity index (χ4n) is 2.52. The van der Waals surface area contributed by atoms with Crippen LogP contribution in [0.25, 0.3) is 0 Å². The Hall–Kier alpha value is -0.340. The molecule has 2 nitrogen and oxygen atoms in total. The molecular formula is C14H26O2. The van der Waals surface area contributed by atoms with Gasteiger partial charge in [-0.2, -0.15) is 0 Å². The number of ether oxygens (including phenoxy) is 1. The maximum atomic E-state index is 8.82. The topological polar surface area (TPSA) is 29.5 Å². The lowest BCUT2D eigenvalue weighted by atomic mass is 9.88. The van der Waals surface area contributed by atoms with Gasteiger partial charge in [-0.1, -0.05) is 25.3 Å². The lowest BCUT2D eigenvalue weighted by Gasteiger charge is -2.29. The average molecular weight is 226 g/mol. The van der Waals surface area contributed by atoms with Gasteiger partial charge in [-0.3, -0.25) is 0 Å². The molecule has 2 unspecified atom stereocenters. The van der Waals surface area contributed by atoms with Crippen molar-refractivity contribution < 1.29 is 9.84 Å². The molecule has 1 rings (SSSR count). The number of hydrogen-bond donors (Lipinski definition) is 1. The Labute approximate surface area is 99.7 Å². The molecule has 0 aromatic rings. The van der Waals surface area contributed by atoms with Gasteiger partial charge in [-0.25, -0.2) is 0 Å². The highest BCUT2D eigenvalue weighted by molar-refractivity contribution is 4.80.